The summed E-state index contributed by atoms with van der Waals surface area (Å²) in [4.78, 5) is 25.0. The summed E-state index contributed by atoms with van der Waals surface area (Å²) in [5.41, 5.74) is 0. The molecule has 1 N–H and O–H groups in total. The highest BCUT2D eigenvalue weighted by molar-refractivity contribution is 5.81. The molecule has 19 heavy (non-hydrogen) atoms. The van der Waals surface area contributed by atoms with E-state index < -0.39 is 0 Å². The van der Waals surface area contributed by atoms with Crippen LogP contribution in [0.2, 0.25) is 0 Å². The van der Waals surface area contributed by atoms with Crippen LogP contribution in [-0.2, 0) is 19.1 Å². The van der Waals surface area contributed by atoms with Crippen LogP contribution in [0.15, 0.2) is 0 Å². The number of hydrogen-bond donors (Lipinski definition) is 1. The monoisotopic (exact) mass is 274 g/mol. The molecule has 0 saturated carbocycles. The quantitative estimate of drug-likeness (QED) is 0.585. The Morgan fingerprint density at radius 2 is 1.95 bits per heavy atom. The largest absolute Gasteiger partial charge is 0.469 e. The molecule has 0 aliphatic rings. The van der Waals surface area contributed by atoms with E-state index in [0.29, 0.717) is 26.2 Å². The molecule has 0 radical (unpaired) electrons. The summed E-state index contributed by atoms with van der Waals surface area (Å²) in [6.45, 7) is 6.11. The number of carbonyl (C=O) groups excluding carboxylic acids is 2. The second-order valence-corrected chi connectivity index (χ2v) is 4.32. The highest BCUT2D eigenvalue weighted by Crippen LogP contribution is 2.02. The second-order valence-electron chi connectivity index (χ2n) is 4.32. The van der Waals surface area contributed by atoms with Crippen LogP contribution in [0.3, 0.4) is 0 Å². The van der Waals surface area contributed by atoms with Crippen molar-refractivity contribution >= 4 is 11.9 Å². The Balaban J connectivity index is 4.36. The zero-order valence-corrected chi connectivity index (χ0v) is 12.4. The molecule has 0 aliphatic carbocycles. The van der Waals surface area contributed by atoms with Gasteiger partial charge < -0.3 is 14.8 Å². The maximum absolute atomic E-state index is 11.9. The first-order chi connectivity index (χ1) is 9.06. The van der Waals surface area contributed by atoms with Gasteiger partial charge in [-0.1, -0.05) is 6.92 Å². The van der Waals surface area contributed by atoms with Crippen LogP contribution in [-0.4, -0.2) is 63.3 Å². The van der Waals surface area contributed by atoms with Gasteiger partial charge in [-0.3, -0.25) is 14.5 Å². The summed E-state index contributed by atoms with van der Waals surface area (Å²) < 4.78 is 9.64. The maximum Gasteiger partial charge on any atom is 0.306 e. The lowest BCUT2D eigenvalue weighted by Gasteiger charge is -2.27. The molecule has 0 aromatic heterocycles. The fourth-order valence-electron chi connectivity index (χ4n) is 1.61. The zero-order valence-electron chi connectivity index (χ0n) is 12.4. The van der Waals surface area contributed by atoms with E-state index in [9.17, 15) is 9.59 Å². The molecule has 1 unspecified atom stereocenters. The standard InChI is InChI=1S/C13H26N2O4/c1-5-7-14-13(17)11(2)15(9-10-18-3)8-6-12(16)19-4/h11H,5-10H2,1-4H3,(H,14,17). The molecule has 6 nitrogen and oxygen atoms in total. The van der Waals surface area contributed by atoms with Gasteiger partial charge in [-0.15, -0.1) is 0 Å². The normalized spacial score (nSPS) is 12.3. The van der Waals surface area contributed by atoms with Gasteiger partial charge in [-0.25, -0.2) is 0 Å². The molecule has 1 amide bonds. The Kier molecular flexibility index (Phi) is 10.1. The van der Waals surface area contributed by atoms with Crippen LogP contribution in [0.1, 0.15) is 26.7 Å². The average Bonchev–Trinajstić information content (AvgIpc) is 2.43. The molecule has 0 bridgehead atoms. The van der Waals surface area contributed by atoms with Crippen molar-refractivity contribution < 1.29 is 19.1 Å². The van der Waals surface area contributed by atoms with E-state index in [1.165, 1.54) is 7.11 Å². The van der Waals surface area contributed by atoms with E-state index in [1.54, 1.807) is 7.11 Å². The Bertz CT molecular complexity index is 271. The number of amides is 1. The van der Waals surface area contributed by atoms with Gasteiger partial charge in [-0.05, 0) is 13.3 Å². The second kappa shape index (κ2) is 10.8. The number of esters is 1. The van der Waals surface area contributed by atoms with Gasteiger partial charge in [0.15, 0.2) is 0 Å². The van der Waals surface area contributed by atoms with Crippen molar-refractivity contribution in [1.29, 1.82) is 0 Å². The van der Waals surface area contributed by atoms with Gasteiger partial charge in [0.1, 0.15) is 0 Å². The number of methoxy groups -OCH3 is 2. The van der Waals surface area contributed by atoms with Crippen molar-refractivity contribution in [2.75, 3.05) is 40.5 Å². The lowest BCUT2D eigenvalue weighted by molar-refractivity contribution is -0.141. The summed E-state index contributed by atoms with van der Waals surface area (Å²) in [5, 5.41) is 2.85. The van der Waals surface area contributed by atoms with Crippen LogP contribution < -0.4 is 5.32 Å². The molecule has 0 aliphatic heterocycles. The van der Waals surface area contributed by atoms with Crippen molar-refractivity contribution in [3.8, 4) is 0 Å². The minimum absolute atomic E-state index is 0.0252. The molecule has 0 aromatic carbocycles. The molecule has 112 valence electrons. The predicted molar refractivity (Wildman–Crippen MR) is 72.8 cm³/mol. The minimum atomic E-state index is -0.286. The lowest BCUT2D eigenvalue weighted by atomic mass is 10.2. The number of hydrogen-bond acceptors (Lipinski definition) is 5. The SMILES string of the molecule is CCCNC(=O)C(C)N(CCOC)CCC(=O)OC. The number of rotatable bonds is 10. The van der Waals surface area contributed by atoms with Crippen LogP contribution in [0.25, 0.3) is 0 Å². The first-order valence-corrected chi connectivity index (χ1v) is 6.64. The number of carbonyl (C=O) groups is 2. The third kappa shape index (κ3) is 7.79. The number of nitrogens with zero attached hydrogens (tertiary/aromatic N) is 1. The third-order valence-electron chi connectivity index (χ3n) is 2.89. The van der Waals surface area contributed by atoms with Crippen LogP contribution in [0.5, 0.6) is 0 Å². The molecule has 1 atom stereocenters. The van der Waals surface area contributed by atoms with Crippen molar-refractivity contribution in [2.45, 2.75) is 32.7 Å². The fourth-order valence-corrected chi connectivity index (χ4v) is 1.61. The van der Waals surface area contributed by atoms with Crippen LogP contribution in [0, 0.1) is 0 Å². The van der Waals surface area contributed by atoms with Crippen molar-refractivity contribution in [2.24, 2.45) is 0 Å². The van der Waals surface area contributed by atoms with E-state index in [0.717, 1.165) is 6.42 Å². The van der Waals surface area contributed by atoms with Gasteiger partial charge in [0, 0.05) is 26.7 Å². The Morgan fingerprint density at radius 3 is 2.47 bits per heavy atom. The molecule has 0 saturated heterocycles. The van der Waals surface area contributed by atoms with Gasteiger partial charge in [0.05, 0.1) is 26.2 Å². The third-order valence-corrected chi connectivity index (χ3v) is 2.89. The van der Waals surface area contributed by atoms with Gasteiger partial charge in [-0.2, -0.15) is 0 Å². The predicted octanol–water partition coefficient (Wildman–Crippen LogP) is 0.413. The molecule has 6 heteroatoms. The fraction of sp³-hybridized carbons (Fsp3) is 0.846. The van der Waals surface area contributed by atoms with Gasteiger partial charge in [0.25, 0.3) is 0 Å². The van der Waals surface area contributed by atoms with Crippen molar-refractivity contribution in [3.05, 3.63) is 0 Å². The Morgan fingerprint density at radius 1 is 1.26 bits per heavy atom. The molecule has 0 aromatic rings. The number of nitrogens with one attached hydrogen (secondary N) is 1. The van der Waals surface area contributed by atoms with E-state index >= 15 is 0 Å². The first kappa shape index (κ1) is 17.9. The highest BCUT2D eigenvalue weighted by Gasteiger charge is 2.21. The van der Waals surface area contributed by atoms with E-state index in [-0.39, 0.29) is 24.3 Å². The zero-order chi connectivity index (χ0) is 14.7. The summed E-state index contributed by atoms with van der Waals surface area (Å²) in [5.74, 6) is -0.300. The topological polar surface area (TPSA) is 67.9 Å². The molecule has 0 rings (SSSR count). The van der Waals surface area contributed by atoms with Crippen LogP contribution >= 0.6 is 0 Å². The first-order valence-electron chi connectivity index (χ1n) is 6.64. The van der Waals surface area contributed by atoms with Gasteiger partial charge in [0.2, 0.25) is 5.91 Å². The molecular weight excluding hydrogens is 248 g/mol. The smallest absolute Gasteiger partial charge is 0.306 e. The van der Waals surface area contributed by atoms with Crippen LogP contribution in [0.4, 0.5) is 0 Å². The Hall–Kier alpha value is -1.14. The summed E-state index contributed by atoms with van der Waals surface area (Å²) >= 11 is 0. The average molecular weight is 274 g/mol. The molecule has 0 fully saturated rings. The van der Waals surface area contributed by atoms with E-state index in [1.807, 2.05) is 18.7 Å². The summed E-state index contributed by atoms with van der Waals surface area (Å²) in [6.07, 6.45) is 1.17. The maximum atomic E-state index is 11.9. The highest BCUT2D eigenvalue weighted by atomic mass is 16.5. The minimum Gasteiger partial charge on any atom is -0.469 e. The lowest BCUT2D eigenvalue weighted by Crippen LogP contribution is -2.47. The van der Waals surface area contributed by atoms with E-state index in [4.69, 9.17) is 4.74 Å². The van der Waals surface area contributed by atoms with Crippen molar-refractivity contribution in [3.63, 3.8) is 0 Å². The number of ether oxygens (including phenoxy) is 2. The van der Waals surface area contributed by atoms with E-state index in [2.05, 4.69) is 10.1 Å². The van der Waals surface area contributed by atoms with Crippen molar-refractivity contribution in [1.82, 2.24) is 10.2 Å². The van der Waals surface area contributed by atoms with Gasteiger partial charge >= 0.3 is 5.97 Å². The summed E-state index contributed by atoms with van der Waals surface area (Å²) in [6, 6.07) is -0.286. The molecule has 0 heterocycles. The Labute approximate surface area is 115 Å². The molecule has 0 spiro atoms. The summed E-state index contributed by atoms with van der Waals surface area (Å²) in [7, 11) is 2.97. The molecular formula is C13H26N2O4.